The van der Waals surface area contributed by atoms with Gasteiger partial charge in [0.05, 0.1) is 6.04 Å². The molecule has 0 heterocycles. The molecule has 0 saturated carbocycles. The number of nitrogens with one attached hydrogen (secondary N) is 1. The van der Waals surface area contributed by atoms with Crippen LogP contribution in [0.2, 0.25) is 5.02 Å². The van der Waals surface area contributed by atoms with Gasteiger partial charge in [-0.3, -0.25) is 9.69 Å². The zero-order valence-corrected chi connectivity index (χ0v) is 15.3. The highest BCUT2D eigenvalue weighted by Crippen LogP contribution is 2.17. The van der Waals surface area contributed by atoms with E-state index in [-0.39, 0.29) is 11.9 Å². The molecule has 0 bridgehead atoms. The minimum absolute atomic E-state index is 0.0512. The van der Waals surface area contributed by atoms with Crippen molar-refractivity contribution in [3.05, 3.63) is 59.1 Å². The molecule has 0 unspecified atom stereocenters. The van der Waals surface area contributed by atoms with Crippen molar-refractivity contribution in [3.8, 4) is 0 Å². The van der Waals surface area contributed by atoms with Crippen LogP contribution in [0.1, 0.15) is 12.5 Å². The fourth-order valence-corrected chi connectivity index (χ4v) is 2.53. The fraction of sp³-hybridized carbons (Fsp3) is 0.316. The second kappa shape index (κ2) is 8.18. The number of carbonyl (C=O) groups excluding carboxylic acids is 1. The molecule has 0 aliphatic carbocycles. The summed E-state index contributed by atoms with van der Waals surface area (Å²) in [5.41, 5.74) is 3.04. The van der Waals surface area contributed by atoms with E-state index in [0.29, 0.717) is 17.3 Å². The Morgan fingerprint density at radius 3 is 2.38 bits per heavy atom. The monoisotopic (exact) mass is 345 g/mol. The van der Waals surface area contributed by atoms with Crippen molar-refractivity contribution in [3.63, 3.8) is 0 Å². The molecule has 24 heavy (non-hydrogen) atoms. The lowest BCUT2D eigenvalue weighted by Gasteiger charge is -2.24. The number of nitrogens with zero attached hydrogens (tertiary/aromatic N) is 2. The van der Waals surface area contributed by atoms with Crippen LogP contribution in [0.4, 0.5) is 11.4 Å². The molecule has 128 valence electrons. The fourth-order valence-electron chi connectivity index (χ4n) is 2.34. The van der Waals surface area contributed by atoms with Crippen LogP contribution in [0.15, 0.2) is 48.5 Å². The van der Waals surface area contributed by atoms with E-state index in [2.05, 4.69) is 34.5 Å². The van der Waals surface area contributed by atoms with Gasteiger partial charge in [-0.1, -0.05) is 29.8 Å². The van der Waals surface area contributed by atoms with Crippen molar-refractivity contribution < 1.29 is 4.79 Å². The molecular formula is C19H24ClN3O. The number of halogens is 1. The standard InChI is InChI=1S/C19H24ClN3O/c1-14(19(24)21-17-7-5-6-16(20)12-17)23(4)13-15-8-10-18(11-9-15)22(2)3/h5-12,14H,13H2,1-4H3,(H,21,24)/t14-/m1/s1. The highest BCUT2D eigenvalue weighted by molar-refractivity contribution is 6.30. The number of hydrogen-bond donors (Lipinski definition) is 1. The molecule has 2 aromatic rings. The summed E-state index contributed by atoms with van der Waals surface area (Å²) in [5, 5.41) is 3.51. The summed E-state index contributed by atoms with van der Waals surface area (Å²) in [5.74, 6) is -0.0512. The molecule has 0 radical (unpaired) electrons. The molecule has 0 saturated heterocycles. The number of rotatable bonds is 6. The average Bonchev–Trinajstić information content (AvgIpc) is 2.54. The summed E-state index contributed by atoms with van der Waals surface area (Å²) >= 11 is 5.95. The van der Waals surface area contributed by atoms with Crippen molar-refractivity contribution >= 4 is 28.9 Å². The van der Waals surface area contributed by atoms with E-state index in [9.17, 15) is 4.79 Å². The van der Waals surface area contributed by atoms with Gasteiger partial charge in [-0.05, 0) is 49.9 Å². The van der Waals surface area contributed by atoms with E-state index in [0.717, 1.165) is 5.69 Å². The number of likely N-dealkylation sites (N-methyl/N-ethyl adjacent to an activating group) is 1. The molecule has 2 rings (SSSR count). The molecule has 0 spiro atoms. The van der Waals surface area contributed by atoms with Crippen molar-refractivity contribution in [1.29, 1.82) is 0 Å². The maximum absolute atomic E-state index is 12.4. The minimum Gasteiger partial charge on any atom is -0.378 e. The summed E-state index contributed by atoms with van der Waals surface area (Å²) in [6.07, 6.45) is 0. The van der Waals surface area contributed by atoms with Crippen LogP contribution in [-0.4, -0.2) is 38.0 Å². The molecule has 0 aliphatic heterocycles. The first-order chi connectivity index (χ1) is 11.4. The summed E-state index contributed by atoms with van der Waals surface area (Å²) in [4.78, 5) is 16.5. The normalized spacial score (nSPS) is 12.1. The van der Waals surface area contributed by atoms with Gasteiger partial charge in [0, 0.05) is 37.0 Å². The Morgan fingerprint density at radius 1 is 1.12 bits per heavy atom. The van der Waals surface area contributed by atoms with E-state index in [1.54, 1.807) is 12.1 Å². The zero-order valence-electron chi connectivity index (χ0n) is 14.6. The lowest BCUT2D eigenvalue weighted by atomic mass is 10.1. The van der Waals surface area contributed by atoms with Crippen molar-refractivity contribution in [2.24, 2.45) is 0 Å². The van der Waals surface area contributed by atoms with Crippen LogP contribution >= 0.6 is 11.6 Å². The maximum Gasteiger partial charge on any atom is 0.241 e. The van der Waals surface area contributed by atoms with Gasteiger partial charge in [0.1, 0.15) is 0 Å². The Morgan fingerprint density at radius 2 is 1.79 bits per heavy atom. The Bertz CT molecular complexity index is 685. The Labute approximate surface area is 149 Å². The van der Waals surface area contributed by atoms with E-state index in [1.807, 2.05) is 45.1 Å². The van der Waals surface area contributed by atoms with Crippen LogP contribution in [0.25, 0.3) is 0 Å². The Kier molecular flexibility index (Phi) is 6.23. The van der Waals surface area contributed by atoms with Gasteiger partial charge in [-0.2, -0.15) is 0 Å². The number of amides is 1. The SMILES string of the molecule is C[C@H](C(=O)Nc1cccc(Cl)c1)N(C)Cc1ccc(N(C)C)cc1. The number of carbonyl (C=O) groups is 1. The zero-order chi connectivity index (χ0) is 17.7. The van der Waals surface area contributed by atoms with Crippen LogP contribution in [-0.2, 0) is 11.3 Å². The van der Waals surface area contributed by atoms with Crippen molar-refractivity contribution in [2.45, 2.75) is 19.5 Å². The Balaban J connectivity index is 1.95. The molecule has 0 aliphatic rings. The van der Waals surface area contributed by atoms with Crippen LogP contribution in [0.5, 0.6) is 0 Å². The van der Waals surface area contributed by atoms with Crippen LogP contribution in [0.3, 0.4) is 0 Å². The van der Waals surface area contributed by atoms with Crippen LogP contribution in [0, 0.1) is 0 Å². The highest BCUT2D eigenvalue weighted by atomic mass is 35.5. The molecule has 0 aromatic heterocycles. The summed E-state index contributed by atoms with van der Waals surface area (Å²) in [6, 6.07) is 15.3. The molecule has 2 aromatic carbocycles. The quantitative estimate of drug-likeness (QED) is 0.863. The second-order valence-electron chi connectivity index (χ2n) is 6.15. The predicted octanol–water partition coefficient (Wildman–Crippen LogP) is 3.87. The highest BCUT2D eigenvalue weighted by Gasteiger charge is 2.18. The van der Waals surface area contributed by atoms with Crippen LogP contribution < -0.4 is 10.2 Å². The minimum atomic E-state index is -0.252. The number of benzene rings is 2. The second-order valence-corrected chi connectivity index (χ2v) is 6.59. The topological polar surface area (TPSA) is 35.6 Å². The Hall–Kier alpha value is -2.04. The van der Waals surface area contributed by atoms with Gasteiger partial charge in [0.15, 0.2) is 0 Å². The largest absolute Gasteiger partial charge is 0.378 e. The number of anilines is 2. The van der Waals surface area contributed by atoms with Crippen molar-refractivity contribution in [2.75, 3.05) is 31.4 Å². The molecule has 1 N–H and O–H groups in total. The van der Waals surface area contributed by atoms with Gasteiger partial charge in [-0.15, -0.1) is 0 Å². The third-order valence-electron chi connectivity index (χ3n) is 4.02. The van der Waals surface area contributed by atoms with E-state index in [1.165, 1.54) is 5.56 Å². The summed E-state index contributed by atoms with van der Waals surface area (Å²) < 4.78 is 0. The van der Waals surface area contributed by atoms with E-state index in [4.69, 9.17) is 11.6 Å². The molecule has 1 atom stereocenters. The molecule has 0 fully saturated rings. The molecule has 5 heteroatoms. The van der Waals surface area contributed by atoms with Gasteiger partial charge in [0.2, 0.25) is 5.91 Å². The molecule has 4 nitrogen and oxygen atoms in total. The molecular weight excluding hydrogens is 322 g/mol. The molecule has 1 amide bonds. The van der Waals surface area contributed by atoms with Gasteiger partial charge < -0.3 is 10.2 Å². The lowest BCUT2D eigenvalue weighted by molar-refractivity contribution is -0.120. The first kappa shape index (κ1) is 18.3. The lowest BCUT2D eigenvalue weighted by Crippen LogP contribution is -2.39. The summed E-state index contributed by atoms with van der Waals surface area (Å²) in [7, 11) is 5.98. The first-order valence-corrected chi connectivity index (χ1v) is 8.27. The third-order valence-corrected chi connectivity index (χ3v) is 4.25. The van der Waals surface area contributed by atoms with Gasteiger partial charge >= 0.3 is 0 Å². The predicted molar refractivity (Wildman–Crippen MR) is 102 cm³/mol. The average molecular weight is 346 g/mol. The number of hydrogen-bond acceptors (Lipinski definition) is 3. The van der Waals surface area contributed by atoms with E-state index >= 15 is 0 Å². The van der Waals surface area contributed by atoms with E-state index < -0.39 is 0 Å². The van der Waals surface area contributed by atoms with Gasteiger partial charge in [-0.25, -0.2) is 0 Å². The van der Waals surface area contributed by atoms with Gasteiger partial charge in [0.25, 0.3) is 0 Å². The summed E-state index contributed by atoms with van der Waals surface area (Å²) in [6.45, 7) is 2.60. The third kappa shape index (κ3) is 4.98. The smallest absolute Gasteiger partial charge is 0.241 e. The maximum atomic E-state index is 12.4. The van der Waals surface area contributed by atoms with Crippen molar-refractivity contribution in [1.82, 2.24) is 4.90 Å². The first-order valence-electron chi connectivity index (χ1n) is 7.90.